The summed E-state index contributed by atoms with van der Waals surface area (Å²) in [4.78, 5) is 13.1. The maximum absolute atomic E-state index is 12.7. The molecule has 1 aromatic rings. The molecule has 1 N–H and O–H groups in total. The van der Waals surface area contributed by atoms with E-state index in [2.05, 4.69) is 5.32 Å². The van der Waals surface area contributed by atoms with Crippen molar-refractivity contribution in [3.8, 4) is 0 Å². The summed E-state index contributed by atoms with van der Waals surface area (Å²) in [6, 6.07) is 7.64. The number of alkyl halides is 2. The Balaban J connectivity index is 2.00. The van der Waals surface area contributed by atoms with Crippen LogP contribution in [0.15, 0.2) is 30.3 Å². The molecule has 1 aromatic carbocycles. The molecule has 0 aliphatic carbocycles. The molecule has 1 saturated heterocycles. The third-order valence-electron chi connectivity index (χ3n) is 3.42. The molecule has 0 unspecified atom stereocenters. The van der Waals surface area contributed by atoms with Gasteiger partial charge in [0.2, 0.25) is 0 Å². The third-order valence-corrected chi connectivity index (χ3v) is 5.19. The summed E-state index contributed by atoms with van der Waals surface area (Å²) >= 11 is 0. The second kappa shape index (κ2) is 7.04. The highest BCUT2D eigenvalue weighted by atomic mass is 32.2. The topological polar surface area (TPSA) is 66.5 Å². The van der Waals surface area contributed by atoms with Gasteiger partial charge in [0.1, 0.15) is 0 Å². The predicted octanol–water partition coefficient (Wildman–Crippen LogP) is 1.65. The highest BCUT2D eigenvalue weighted by Crippen LogP contribution is 2.13. The average Bonchev–Trinajstić information content (AvgIpc) is 2.78. The molecule has 1 aliphatic rings. The molecular formula is C14H18F2N2O3S. The van der Waals surface area contributed by atoms with Crippen LogP contribution in [0, 0.1) is 0 Å². The zero-order valence-corrected chi connectivity index (χ0v) is 12.7. The molecule has 2 rings (SSSR count). The van der Waals surface area contributed by atoms with Crippen molar-refractivity contribution in [3.05, 3.63) is 35.9 Å². The zero-order chi connectivity index (χ0) is 16.2. The minimum Gasteiger partial charge on any atom is -0.334 e. The number of sulfone groups is 1. The number of amides is 2. The lowest BCUT2D eigenvalue weighted by Crippen LogP contribution is -2.46. The van der Waals surface area contributed by atoms with Gasteiger partial charge in [-0.1, -0.05) is 30.3 Å². The summed E-state index contributed by atoms with van der Waals surface area (Å²) in [5, 5.41) is 2.53. The molecule has 2 amide bonds. The van der Waals surface area contributed by atoms with Crippen LogP contribution in [0.25, 0.3) is 0 Å². The number of hydrogen-bond donors (Lipinski definition) is 1. The van der Waals surface area contributed by atoms with Gasteiger partial charge in [0.15, 0.2) is 9.84 Å². The molecule has 5 nitrogen and oxygen atoms in total. The number of nitrogens with zero attached hydrogens (tertiary/aromatic N) is 1. The Bertz CT molecular complexity index is 608. The smallest absolute Gasteiger partial charge is 0.318 e. The van der Waals surface area contributed by atoms with E-state index in [0.29, 0.717) is 6.42 Å². The highest BCUT2D eigenvalue weighted by molar-refractivity contribution is 7.91. The normalized spacial score (nSPS) is 20.0. The van der Waals surface area contributed by atoms with E-state index in [1.165, 1.54) is 0 Å². The first-order valence-electron chi connectivity index (χ1n) is 6.93. The van der Waals surface area contributed by atoms with Crippen LogP contribution in [0.3, 0.4) is 0 Å². The van der Waals surface area contributed by atoms with Crippen molar-refractivity contribution in [2.45, 2.75) is 25.4 Å². The lowest BCUT2D eigenvalue weighted by atomic mass is 10.2. The fourth-order valence-electron chi connectivity index (χ4n) is 2.36. The number of rotatable bonds is 5. The standard InChI is InChI=1S/C14H18F2N2O3S/c15-13(16)9-18(8-11-4-2-1-3-5-11)14(19)17-12-6-7-22(20,21)10-12/h1-5,12-13H,6-10H2,(H,17,19)/t12-/m1/s1. The quantitative estimate of drug-likeness (QED) is 0.891. The maximum Gasteiger partial charge on any atom is 0.318 e. The molecule has 0 radical (unpaired) electrons. The summed E-state index contributed by atoms with van der Waals surface area (Å²) in [6.45, 7) is -0.642. The van der Waals surface area contributed by atoms with Gasteiger partial charge in [-0.15, -0.1) is 0 Å². The maximum atomic E-state index is 12.7. The Hall–Kier alpha value is -1.70. The molecular weight excluding hydrogens is 314 g/mol. The number of hydrogen-bond acceptors (Lipinski definition) is 3. The van der Waals surface area contributed by atoms with Gasteiger partial charge in [-0.2, -0.15) is 0 Å². The molecule has 22 heavy (non-hydrogen) atoms. The van der Waals surface area contributed by atoms with Crippen molar-refractivity contribution < 1.29 is 22.0 Å². The lowest BCUT2D eigenvalue weighted by Gasteiger charge is -2.24. The molecule has 8 heteroatoms. The van der Waals surface area contributed by atoms with Crippen molar-refractivity contribution in [2.75, 3.05) is 18.1 Å². The minimum atomic E-state index is -3.13. The van der Waals surface area contributed by atoms with E-state index in [0.717, 1.165) is 10.5 Å². The Morgan fingerprint density at radius 1 is 1.32 bits per heavy atom. The Morgan fingerprint density at radius 2 is 2.00 bits per heavy atom. The number of urea groups is 1. The van der Waals surface area contributed by atoms with E-state index in [1.807, 2.05) is 0 Å². The van der Waals surface area contributed by atoms with Crippen LogP contribution in [0.5, 0.6) is 0 Å². The number of carbonyl (C=O) groups is 1. The first kappa shape index (κ1) is 16.7. The molecule has 0 aromatic heterocycles. The van der Waals surface area contributed by atoms with Gasteiger partial charge < -0.3 is 10.2 Å². The first-order chi connectivity index (χ1) is 10.4. The van der Waals surface area contributed by atoms with Gasteiger partial charge in [0.05, 0.1) is 18.1 Å². The monoisotopic (exact) mass is 332 g/mol. The molecule has 1 heterocycles. The second-order valence-electron chi connectivity index (χ2n) is 5.31. The van der Waals surface area contributed by atoms with Gasteiger partial charge in [-0.3, -0.25) is 0 Å². The molecule has 122 valence electrons. The SMILES string of the molecule is O=C(N[C@@H]1CCS(=O)(=O)C1)N(Cc1ccccc1)CC(F)F. The minimum absolute atomic E-state index is 0.0193. The fourth-order valence-corrected chi connectivity index (χ4v) is 4.04. The van der Waals surface area contributed by atoms with Crippen LogP contribution in [-0.2, 0) is 16.4 Å². The van der Waals surface area contributed by atoms with E-state index in [9.17, 15) is 22.0 Å². The number of halogens is 2. The fraction of sp³-hybridized carbons (Fsp3) is 0.500. The van der Waals surface area contributed by atoms with Crippen molar-refractivity contribution in [3.63, 3.8) is 0 Å². The van der Waals surface area contributed by atoms with Crippen LogP contribution in [0.2, 0.25) is 0 Å². The number of benzene rings is 1. The Morgan fingerprint density at radius 3 is 2.55 bits per heavy atom. The number of carbonyl (C=O) groups excluding carboxylic acids is 1. The van der Waals surface area contributed by atoms with E-state index in [1.54, 1.807) is 30.3 Å². The molecule has 0 spiro atoms. The van der Waals surface area contributed by atoms with Crippen molar-refractivity contribution in [1.82, 2.24) is 10.2 Å². The summed E-state index contributed by atoms with van der Waals surface area (Å²) in [7, 11) is -3.13. The van der Waals surface area contributed by atoms with Crippen LogP contribution < -0.4 is 5.32 Å². The third kappa shape index (κ3) is 4.94. The van der Waals surface area contributed by atoms with E-state index in [-0.39, 0.29) is 18.1 Å². The zero-order valence-electron chi connectivity index (χ0n) is 11.9. The molecule has 1 aliphatic heterocycles. The van der Waals surface area contributed by atoms with Crippen LogP contribution in [-0.4, -0.2) is 49.9 Å². The molecule has 0 saturated carbocycles. The first-order valence-corrected chi connectivity index (χ1v) is 8.76. The summed E-state index contributed by atoms with van der Waals surface area (Å²) in [6.07, 6.45) is -2.33. The van der Waals surface area contributed by atoms with Crippen LogP contribution >= 0.6 is 0 Å². The van der Waals surface area contributed by atoms with Gasteiger partial charge in [-0.05, 0) is 12.0 Å². The van der Waals surface area contributed by atoms with Gasteiger partial charge >= 0.3 is 6.03 Å². The van der Waals surface area contributed by atoms with E-state index in [4.69, 9.17) is 0 Å². The Labute approximate surface area is 128 Å². The Kier molecular flexibility index (Phi) is 5.33. The van der Waals surface area contributed by atoms with Gasteiger partial charge in [-0.25, -0.2) is 22.0 Å². The number of nitrogens with one attached hydrogen (secondary N) is 1. The largest absolute Gasteiger partial charge is 0.334 e. The van der Waals surface area contributed by atoms with Gasteiger partial charge in [0.25, 0.3) is 6.43 Å². The second-order valence-corrected chi connectivity index (χ2v) is 7.54. The van der Waals surface area contributed by atoms with Crippen molar-refractivity contribution in [2.24, 2.45) is 0 Å². The molecule has 1 atom stereocenters. The average molecular weight is 332 g/mol. The van der Waals surface area contributed by atoms with Crippen LogP contribution in [0.4, 0.5) is 13.6 Å². The summed E-state index contributed by atoms with van der Waals surface area (Å²) in [5.74, 6) is -0.113. The summed E-state index contributed by atoms with van der Waals surface area (Å²) in [5.41, 5.74) is 0.734. The van der Waals surface area contributed by atoms with Crippen molar-refractivity contribution >= 4 is 15.9 Å². The molecule has 0 bridgehead atoms. The predicted molar refractivity (Wildman–Crippen MR) is 78.4 cm³/mol. The van der Waals surface area contributed by atoms with Crippen LogP contribution in [0.1, 0.15) is 12.0 Å². The highest BCUT2D eigenvalue weighted by Gasteiger charge is 2.30. The molecule has 1 fully saturated rings. The van der Waals surface area contributed by atoms with Crippen molar-refractivity contribution in [1.29, 1.82) is 0 Å². The lowest BCUT2D eigenvalue weighted by molar-refractivity contribution is 0.0949. The van der Waals surface area contributed by atoms with Gasteiger partial charge in [0, 0.05) is 12.6 Å². The van der Waals surface area contributed by atoms with E-state index >= 15 is 0 Å². The summed E-state index contributed by atoms with van der Waals surface area (Å²) < 4.78 is 48.1. The van der Waals surface area contributed by atoms with E-state index < -0.39 is 34.9 Å².